The molecule has 120 valence electrons. The van der Waals surface area contributed by atoms with E-state index in [9.17, 15) is 4.79 Å². The standard InChI is InChI=1S/C20H24N2O/c1-16(2)9-14-22-15-18(17-7-3-4-8-19(17)22)20(23)10-13-21-11-5-6-12-21/h3-4,7-10,13,15H,5-6,11-12,14H2,1-2H3/b13-10+. The Balaban J connectivity index is 1.90. The van der Waals surface area contributed by atoms with Gasteiger partial charge in [-0.1, -0.05) is 29.8 Å². The van der Waals surface area contributed by atoms with Gasteiger partial charge in [0.25, 0.3) is 0 Å². The normalized spacial score (nSPS) is 14.8. The van der Waals surface area contributed by atoms with Crippen molar-refractivity contribution < 1.29 is 4.79 Å². The van der Waals surface area contributed by atoms with E-state index in [4.69, 9.17) is 0 Å². The number of carbonyl (C=O) groups is 1. The zero-order chi connectivity index (χ0) is 16.2. The first-order valence-corrected chi connectivity index (χ1v) is 8.33. The van der Waals surface area contributed by atoms with E-state index in [-0.39, 0.29) is 5.78 Å². The molecule has 2 aromatic rings. The van der Waals surface area contributed by atoms with E-state index in [1.807, 2.05) is 30.6 Å². The second-order valence-corrected chi connectivity index (χ2v) is 6.42. The molecule has 1 fully saturated rings. The van der Waals surface area contributed by atoms with Gasteiger partial charge in [0.05, 0.1) is 0 Å². The molecule has 1 aliphatic heterocycles. The quantitative estimate of drug-likeness (QED) is 0.465. The van der Waals surface area contributed by atoms with Crippen molar-refractivity contribution in [1.82, 2.24) is 9.47 Å². The molecule has 0 N–H and O–H groups in total. The second-order valence-electron chi connectivity index (χ2n) is 6.42. The maximum atomic E-state index is 12.6. The zero-order valence-corrected chi connectivity index (χ0v) is 14.0. The van der Waals surface area contributed by atoms with Gasteiger partial charge in [-0.3, -0.25) is 4.79 Å². The van der Waals surface area contributed by atoms with Crippen molar-refractivity contribution in [2.24, 2.45) is 0 Å². The van der Waals surface area contributed by atoms with Crippen LogP contribution in [0.2, 0.25) is 0 Å². The lowest BCUT2D eigenvalue weighted by molar-refractivity contribution is 0.104. The van der Waals surface area contributed by atoms with Crippen LogP contribution in [0.25, 0.3) is 10.9 Å². The van der Waals surface area contributed by atoms with E-state index < -0.39 is 0 Å². The molecule has 3 nitrogen and oxygen atoms in total. The van der Waals surface area contributed by atoms with Crippen molar-refractivity contribution in [2.45, 2.75) is 33.2 Å². The van der Waals surface area contributed by atoms with Crippen LogP contribution in [0.4, 0.5) is 0 Å². The molecular formula is C20H24N2O. The minimum absolute atomic E-state index is 0.0871. The summed E-state index contributed by atoms with van der Waals surface area (Å²) in [5.41, 5.74) is 3.19. The molecule has 1 aromatic heterocycles. The first kappa shape index (κ1) is 15.6. The molecule has 23 heavy (non-hydrogen) atoms. The van der Waals surface area contributed by atoms with Crippen LogP contribution >= 0.6 is 0 Å². The van der Waals surface area contributed by atoms with Crippen LogP contribution in [0, 0.1) is 0 Å². The molecular weight excluding hydrogens is 284 g/mol. The van der Waals surface area contributed by atoms with E-state index in [0.717, 1.165) is 36.1 Å². The van der Waals surface area contributed by atoms with Gasteiger partial charge in [0.1, 0.15) is 0 Å². The Morgan fingerprint density at radius 1 is 1.17 bits per heavy atom. The smallest absolute Gasteiger partial charge is 0.189 e. The lowest BCUT2D eigenvalue weighted by atomic mass is 10.1. The van der Waals surface area contributed by atoms with E-state index in [1.165, 1.54) is 18.4 Å². The van der Waals surface area contributed by atoms with E-state index in [1.54, 1.807) is 6.08 Å². The number of hydrogen-bond acceptors (Lipinski definition) is 2. The zero-order valence-electron chi connectivity index (χ0n) is 14.0. The summed E-state index contributed by atoms with van der Waals surface area (Å²) in [5, 5.41) is 1.03. The third kappa shape index (κ3) is 3.55. The highest BCUT2D eigenvalue weighted by molar-refractivity contribution is 6.13. The SMILES string of the molecule is CC(C)=CCn1cc(C(=O)/C=C/N2CCCC2)c2ccccc21. The average molecular weight is 308 g/mol. The number of carbonyl (C=O) groups excluding carboxylic acids is 1. The Kier molecular flexibility index (Phi) is 4.65. The molecule has 0 saturated carbocycles. The number of nitrogens with zero attached hydrogens (tertiary/aromatic N) is 2. The largest absolute Gasteiger partial charge is 0.377 e. The number of aromatic nitrogens is 1. The Morgan fingerprint density at radius 2 is 1.91 bits per heavy atom. The lowest BCUT2D eigenvalue weighted by Crippen LogP contribution is -2.11. The highest BCUT2D eigenvalue weighted by Crippen LogP contribution is 2.22. The predicted molar refractivity (Wildman–Crippen MR) is 95.6 cm³/mol. The van der Waals surface area contributed by atoms with Gasteiger partial charge in [-0.05, 0) is 32.8 Å². The van der Waals surface area contributed by atoms with Crippen LogP contribution in [0.3, 0.4) is 0 Å². The van der Waals surface area contributed by atoms with Gasteiger partial charge < -0.3 is 9.47 Å². The summed E-state index contributed by atoms with van der Waals surface area (Å²) in [6.07, 6.45) is 10.3. The Morgan fingerprint density at radius 3 is 2.65 bits per heavy atom. The van der Waals surface area contributed by atoms with Gasteiger partial charge in [0, 0.05) is 54.6 Å². The summed E-state index contributed by atoms with van der Waals surface area (Å²) in [5.74, 6) is 0.0871. The van der Waals surface area contributed by atoms with Gasteiger partial charge >= 0.3 is 0 Å². The summed E-state index contributed by atoms with van der Waals surface area (Å²) in [6, 6.07) is 8.13. The molecule has 3 heteroatoms. The lowest BCUT2D eigenvalue weighted by Gasteiger charge is -2.09. The molecule has 3 rings (SSSR count). The summed E-state index contributed by atoms with van der Waals surface area (Å²) < 4.78 is 2.15. The molecule has 1 aromatic carbocycles. The van der Waals surface area contributed by atoms with Crippen LogP contribution < -0.4 is 0 Å². The van der Waals surface area contributed by atoms with Crippen molar-refractivity contribution in [3.8, 4) is 0 Å². The maximum absolute atomic E-state index is 12.6. The van der Waals surface area contributed by atoms with Crippen LogP contribution in [-0.2, 0) is 6.54 Å². The number of hydrogen-bond donors (Lipinski definition) is 0. The van der Waals surface area contributed by atoms with Crippen molar-refractivity contribution in [3.05, 3.63) is 60.0 Å². The minimum atomic E-state index is 0.0871. The molecule has 0 aliphatic carbocycles. The molecule has 2 heterocycles. The topological polar surface area (TPSA) is 25.2 Å². The molecule has 0 bridgehead atoms. The fourth-order valence-corrected chi connectivity index (χ4v) is 3.03. The number of rotatable bonds is 5. The number of para-hydroxylation sites is 1. The molecule has 0 radical (unpaired) electrons. The molecule has 0 amide bonds. The third-order valence-electron chi connectivity index (χ3n) is 4.33. The van der Waals surface area contributed by atoms with Gasteiger partial charge in [0.2, 0.25) is 0 Å². The first-order valence-electron chi connectivity index (χ1n) is 8.33. The average Bonchev–Trinajstić information content (AvgIpc) is 3.18. The number of allylic oxidation sites excluding steroid dienone is 3. The molecule has 0 atom stereocenters. The van der Waals surface area contributed by atoms with Gasteiger partial charge in [-0.15, -0.1) is 0 Å². The van der Waals surface area contributed by atoms with Crippen molar-refractivity contribution in [1.29, 1.82) is 0 Å². The highest BCUT2D eigenvalue weighted by Gasteiger charge is 2.13. The van der Waals surface area contributed by atoms with Crippen LogP contribution in [-0.4, -0.2) is 28.3 Å². The summed E-state index contributed by atoms with van der Waals surface area (Å²) in [6.45, 7) is 7.11. The van der Waals surface area contributed by atoms with Crippen molar-refractivity contribution in [2.75, 3.05) is 13.1 Å². The number of likely N-dealkylation sites (tertiary alicyclic amines) is 1. The Labute approximate surface area is 137 Å². The maximum Gasteiger partial charge on any atom is 0.189 e. The molecule has 1 aliphatic rings. The molecule has 0 unspecified atom stereocenters. The predicted octanol–water partition coefficient (Wildman–Crippen LogP) is 4.40. The fourth-order valence-electron chi connectivity index (χ4n) is 3.03. The Bertz CT molecular complexity index is 757. The highest BCUT2D eigenvalue weighted by atomic mass is 16.1. The third-order valence-corrected chi connectivity index (χ3v) is 4.33. The van der Waals surface area contributed by atoms with Crippen molar-refractivity contribution >= 4 is 16.7 Å². The van der Waals surface area contributed by atoms with E-state index >= 15 is 0 Å². The van der Waals surface area contributed by atoms with Crippen LogP contribution in [0.15, 0.2) is 54.4 Å². The van der Waals surface area contributed by atoms with Gasteiger partial charge in [-0.25, -0.2) is 0 Å². The molecule has 1 saturated heterocycles. The first-order chi connectivity index (χ1) is 11.1. The Hall–Kier alpha value is -2.29. The van der Waals surface area contributed by atoms with E-state index in [0.29, 0.717) is 0 Å². The minimum Gasteiger partial charge on any atom is -0.377 e. The fraction of sp³-hybridized carbons (Fsp3) is 0.350. The van der Waals surface area contributed by atoms with Crippen molar-refractivity contribution in [3.63, 3.8) is 0 Å². The molecule has 0 spiro atoms. The van der Waals surface area contributed by atoms with E-state index in [2.05, 4.69) is 35.5 Å². The summed E-state index contributed by atoms with van der Waals surface area (Å²) >= 11 is 0. The second kappa shape index (κ2) is 6.86. The number of benzene rings is 1. The number of fused-ring (bicyclic) bond motifs is 1. The van der Waals surface area contributed by atoms with Gasteiger partial charge in [-0.2, -0.15) is 0 Å². The summed E-state index contributed by atoms with van der Waals surface area (Å²) in [4.78, 5) is 14.8. The van der Waals surface area contributed by atoms with Gasteiger partial charge in [0.15, 0.2) is 5.78 Å². The van der Waals surface area contributed by atoms with Crippen LogP contribution in [0.5, 0.6) is 0 Å². The monoisotopic (exact) mass is 308 g/mol. The van der Waals surface area contributed by atoms with Crippen LogP contribution in [0.1, 0.15) is 37.0 Å². The number of ketones is 1. The summed E-state index contributed by atoms with van der Waals surface area (Å²) in [7, 11) is 0.